The van der Waals surface area contributed by atoms with Crippen LogP contribution in [0.15, 0.2) is 28.7 Å². The number of carboxylic acids is 1. The summed E-state index contributed by atoms with van der Waals surface area (Å²) in [5.74, 6) is -1.38. The zero-order valence-corrected chi connectivity index (χ0v) is 12.2. The Morgan fingerprint density at radius 1 is 1.37 bits per heavy atom. The first-order valence-corrected chi connectivity index (χ1v) is 6.68. The first-order valence-electron chi connectivity index (χ1n) is 5.89. The van der Waals surface area contributed by atoms with E-state index in [0.29, 0.717) is 12.8 Å². The topological polar surface area (TPSA) is 92.4 Å². The van der Waals surface area contributed by atoms with Gasteiger partial charge in [-0.3, -0.25) is 9.59 Å². The Hall–Kier alpha value is -1.56. The van der Waals surface area contributed by atoms with Gasteiger partial charge in [0.1, 0.15) is 5.54 Å². The van der Waals surface area contributed by atoms with E-state index in [4.69, 9.17) is 10.8 Å². The van der Waals surface area contributed by atoms with E-state index in [9.17, 15) is 9.59 Å². The summed E-state index contributed by atoms with van der Waals surface area (Å²) >= 11 is 3.33. The molecule has 0 aliphatic heterocycles. The number of nitrogens with one attached hydrogen (secondary N) is 1. The van der Waals surface area contributed by atoms with Crippen LogP contribution in [0.2, 0.25) is 0 Å². The first kappa shape index (κ1) is 15.5. The van der Waals surface area contributed by atoms with Crippen LogP contribution >= 0.6 is 15.9 Å². The van der Waals surface area contributed by atoms with Gasteiger partial charge in [0.25, 0.3) is 0 Å². The molecule has 1 aromatic rings. The van der Waals surface area contributed by atoms with Gasteiger partial charge in [0, 0.05) is 16.6 Å². The molecule has 6 heteroatoms. The second-order valence-electron chi connectivity index (χ2n) is 4.58. The number of primary amides is 1. The van der Waals surface area contributed by atoms with Gasteiger partial charge in [-0.25, -0.2) is 0 Å². The number of anilines is 1. The van der Waals surface area contributed by atoms with Crippen molar-refractivity contribution in [2.24, 2.45) is 5.73 Å². The number of carbonyl (C=O) groups is 2. The van der Waals surface area contributed by atoms with Crippen LogP contribution in [0.3, 0.4) is 0 Å². The molecule has 1 unspecified atom stereocenters. The Bertz CT molecular complexity index is 461. The minimum atomic E-state index is -0.955. The Morgan fingerprint density at radius 2 is 1.95 bits per heavy atom. The van der Waals surface area contributed by atoms with Crippen molar-refractivity contribution in [1.29, 1.82) is 0 Å². The van der Waals surface area contributed by atoms with Gasteiger partial charge in [0.2, 0.25) is 5.91 Å². The Morgan fingerprint density at radius 3 is 2.42 bits per heavy atom. The van der Waals surface area contributed by atoms with Crippen molar-refractivity contribution in [3.63, 3.8) is 0 Å². The number of carbonyl (C=O) groups excluding carboxylic acids is 1. The largest absolute Gasteiger partial charge is 0.481 e. The summed E-state index contributed by atoms with van der Waals surface area (Å²) < 4.78 is 0.935. The van der Waals surface area contributed by atoms with E-state index in [0.717, 1.165) is 10.2 Å². The monoisotopic (exact) mass is 328 g/mol. The van der Waals surface area contributed by atoms with E-state index in [1.807, 2.05) is 24.3 Å². The number of amides is 1. The number of halogens is 1. The Balaban J connectivity index is 2.73. The maximum atomic E-state index is 11.6. The molecule has 0 aromatic heterocycles. The molecule has 1 rings (SSSR count). The maximum absolute atomic E-state index is 11.6. The highest BCUT2D eigenvalue weighted by molar-refractivity contribution is 9.10. The van der Waals surface area contributed by atoms with E-state index in [2.05, 4.69) is 21.2 Å². The van der Waals surface area contributed by atoms with Crippen molar-refractivity contribution in [2.45, 2.75) is 31.7 Å². The molecule has 1 atom stereocenters. The highest BCUT2D eigenvalue weighted by Gasteiger charge is 2.30. The van der Waals surface area contributed by atoms with Gasteiger partial charge >= 0.3 is 5.97 Å². The highest BCUT2D eigenvalue weighted by atomic mass is 79.9. The molecule has 0 aliphatic carbocycles. The lowest BCUT2D eigenvalue weighted by Crippen LogP contribution is -2.47. The lowest BCUT2D eigenvalue weighted by atomic mass is 9.93. The number of hydrogen-bond donors (Lipinski definition) is 3. The van der Waals surface area contributed by atoms with Crippen LogP contribution in [0.4, 0.5) is 5.69 Å². The van der Waals surface area contributed by atoms with Crippen molar-refractivity contribution in [3.05, 3.63) is 28.7 Å². The molecule has 0 heterocycles. The molecule has 19 heavy (non-hydrogen) atoms. The molecule has 104 valence electrons. The third kappa shape index (κ3) is 4.90. The average molecular weight is 329 g/mol. The van der Waals surface area contributed by atoms with Crippen molar-refractivity contribution >= 4 is 33.5 Å². The number of aliphatic carboxylic acids is 1. The van der Waals surface area contributed by atoms with Gasteiger partial charge in [-0.1, -0.05) is 15.9 Å². The van der Waals surface area contributed by atoms with Crippen LogP contribution in [-0.2, 0) is 9.59 Å². The van der Waals surface area contributed by atoms with Crippen LogP contribution < -0.4 is 11.1 Å². The molecule has 0 fully saturated rings. The first-order chi connectivity index (χ1) is 8.83. The summed E-state index contributed by atoms with van der Waals surface area (Å²) in [6.45, 7) is 1.68. The number of benzene rings is 1. The summed E-state index contributed by atoms with van der Waals surface area (Å²) in [7, 11) is 0. The molecule has 0 spiro atoms. The Kier molecular flexibility index (Phi) is 5.35. The molecule has 0 radical (unpaired) electrons. The van der Waals surface area contributed by atoms with E-state index in [1.165, 1.54) is 0 Å². The predicted octanol–water partition coefficient (Wildman–Crippen LogP) is 2.36. The lowest BCUT2D eigenvalue weighted by molar-refractivity contribution is -0.137. The van der Waals surface area contributed by atoms with E-state index < -0.39 is 17.4 Å². The molecule has 1 aromatic carbocycles. The standard InChI is InChI=1S/C13H17BrN2O3/c1-13(12(15)19,8-2-3-11(17)18)16-10-6-4-9(14)5-7-10/h4-7,16H,2-3,8H2,1H3,(H2,15,19)(H,17,18). The minimum absolute atomic E-state index is 0.0187. The van der Waals surface area contributed by atoms with Gasteiger partial charge in [-0.05, 0) is 44.0 Å². The molecule has 1 amide bonds. The maximum Gasteiger partial charge on any atom is 0.303 e. The number of hydrogen-bond acceptors (Lipinski definition) is 3. The zero-order chi connectivity index (χ0) is 14.5. The van der Waals surface area contributed by atoms with E-state index >= 15 is 0 Å². The number of rotatable bonds is 7. The molecule has 5 nitrogen and oxygen atoms in total. The lowest BCUT2D eigenvalue weighted by Gasteiger charge is -2.28. The van der Waals surface area contributed by atoms with Crippen molar-refractivity contribution in [3.8, 4) is 0 Å². The van der Waals surface area contributed by atoms with E-state index in [1.54, 1.807) is 6.92 Å². The van der Waals surface area contributed by atoms with Crippen molar-refractivity contribution in [2.75, 3.05) is 5.32 Å². The average Bonchev–Trinajstić information content (AvgIpc) is 2.31. The summed E-state index contributed by atoms with van der Waals surface area (Å²) in [6, 6.07) is 7.34. The normalized spacial score (nSPS) is 13.6. The molecule has 0 saturated carbocycles. The third-order valence-electron chi connectivity index (χ3n) is 2.88. The second kappa shape index (κ2) is 6.56. The van der Waals surface area contributed by atoms with Gasteiger partial charge in [-0.2, -0.15) is 0 Å². The van der Waals surface area contributed by atoms with Crippen LogP contribution in [0, 0.1) is 0 Å². The summed E-state index contributed by atoms with van der Waals surface area (Å²) in [5.41, 5.74) is 5.22. The van der Waals surface area contributed by atoms with Crippen LogP contribution in [0.1, 0.15) is 26.2 Å². The van der Waals surface area contributed by atoms with Crippen LogP contribution in [0.5, 0.6) is 0 Å². The SMILES string of the molecule is CC(CCCC(=O)O)(Nc1ccc(Br)cc1)C(N)=O. The molecular weight excluding hydrogens is 312 g/mol. The third-order valence-corrected chi connectivity index (χ3v) is 3.40. The molecule has 0 aliphatic rings. The molecule has 0 bridgehead atoms. The smallest absolute Gasteiger partial charge is 0.303 e. The summed E-state index contributed by atoms with van der Waals surface area (Å²) in [5, 5.41) is 11.7. The quantitative estimate of drug-likeness (QED) is 0.716. The van der Waals surface area contributed by atoms with Gasteiger partial charge in [0.05, 0.1) is 0 Å². The predicted molar refractivity (Wildman–Crippen MR) is 76.9 cm³/mol. The summed E-state index contributed by atoms with van der Waals surface area (Å²) in [6.07, 6.45) is 0.772. The van der Waals surface area contributed by atoms with Gasteiger partial charge in [-0.15, -0.1) is 0 Å². The van der Waals surface area contributed by atoms with Crippen LogP contribution in [0.25, 0.3) is 0 Å². The fourth-order valence-corrected chi connectivity index (χ4v) is 1.96. The highest BCUT2D eigenvalue weighted by Crippen LogP contribution is 2.22. The van der Waals surface area contributed by atoms with Crippen LogP contribution in [-0.4, -0.2) is 22.5 Å². The van der Waals surface area contributed by atoms with Crippen molar-refractivity contribution in [1.82, 2.24) is 0 Å². The zero-order valence-electron chi connectivity index (χ0n) is 10.6. The fourth-order valence-electron chi connectivity index (χ4n) is 1.69. The minimum Gasteiger partial charge on any atom is -0.481 e. The molecular formula is C13H17BrN2O3. The van der Waals surface area contributed by atoms with E-state index in [-0.39, 0.29) is 6.42 Å². The summed E-state index contributed by atoms with van der Waals surface area (Å²) in [4.78, 5) is 22.1. The van der Waals surface area contributed by atoms with Gasteiger partial charge in [0.15, 0.2) is 0 Å². The number of nitrogens with two attached hydrogens (primary N) is 1. The molecule has 0 saturated heterocycles. The Labute approximate surface area is 120 Å². The van der Waals surface area contributed by atoms with Crippen molar-refractivity contribution < 1.29 is 14.7 Å². The van der Waals surface area contributed by atoms with Gasteiger partial charge < -0.3 is 16.2 Å². The molecule has 4 N–H and O–H groups in total. The fraction of sp³-hybridized carbons (Fsp3) is 0.385. The second-order valence-corrected chi connectivity index (χ2v) is 5.49. The number of carboxylic acid groups (broad SMARTS) is 1.